The molecule has 0 bridgehead atoms. The molecule has 6 heteroatoms. The Morgan fingerprint density at radius 2 is 1.67 bits per heavy atom. The lowest BCUT2D eigenvalue weighted by molar-refractivity contribution is 0.0517. The number of hydrogen-bond donors (Lipinski definition) is 1. The smallest absolute Gasteiger partial charge is 0.356 e. The molecule has 2 aromatic carbocycles. The number of anilines is 1. The molecule has 2 aromatic heterocycles. The number of carbonyl (C=O) groups is 1. The van der Waals surface area contributed by atoms with Gasteiger partial charge >= 0.3 is 5.97 Å². The monoisotopic (exact) mass is 541 g/mol. The van der Waals surface area contributed by atoms with Crippen LogP contribution in [0.2, 0.25) is 5.02 Å². The van der Waals surface area contributed by atoms with Gasteiger partial charge in [-0.1, -0.05) is 74.0 Å². The number of ether oxygens (including phenoxy) is 1. The molecule has 0 radical (unpaired) electrons. The highest BCUT2D eigenvalue weighted by atomic mass is 35.5. The number of aromatic nitrogens is 2. The van der Waals surface area contributed by atoms with Crippen molar-refractivity contribution >= 4 is 34.2 Å². The molecule has 0 spiro atoms. The molecule has 0 atom stereocenters. The molecule has 202 valence electrons. The van der Waals surface area contributed by atoms with Gasteiger partial charge in [0.1, 0.15) is 5.82 Å². The third-order valence-electron chi connectivity index (χ3n) is 8.40. The van der Waals surface area contributed by atoms with E-state index in [1.807, 2.05) is 29.0 Å². The first-order chi connectivity index (χ1) is 19.1. The Bertz CT molecular complexity index is 1450. The number of nitrogens with one attached hydrogen (secondary N) is 1. The third-order valence-corrected chi connectivity index (χ3v) is 8.78. The molecule has 2 fully saturated rings. The van der Waals surface area contributed by atoms with Gasteiger partial charge in [-0.3, -0.25) is 4.57 Å². The number of fused-ring (bicyclic) bond motifs is 1. The largest absolute Gasteiger partial charge is 0.461 e. The molecule has 0 unspecified atom stereocenters. The van der Waals surface area contributed by atoms with E-state index < -0.39 is 5.97 Å². The highest BCUT2D eigenvalue weighted by Gasteiger charge is 2.25. The average Bonchev–Trinajstić information content (AvgIpc) is 3.60. The zero-order valence-corrected chi connectivity index (χ0v) is 23.3. The molecule has 1 N–H and O–H groups in total. The normalized spacial score (nSPS) is 16.6. The highest BCUT2D eigenvalue weighted by molar-refractivity contribution is 6.39. The molecular weight excluding hydrogens is 506 g/mol. The summed E-state index contributed by atoms with van der Waals surface area (Å²) in [7, 11) is 0. The van der Waals surface area contributed by atoms with Crippen LogP contribution >= 0.6 is 11.6 Å². The lowest BCUT2D eigenvalue weighted by atomic mass is 9.83. The predicted octanol–water partition coefficient (Wildman–Crippen LogP) is 8.92. The van der Waals surface area contributed by atoms with E-state index in [1.165, 1.54) is 63.4 Å². The van der Waals surface area contributed by atoms with Crippen molar-refractivity contribution in [3.8, 4) is 16.9 Å². The van der Waals surface area contributed by atoms with Crippen LogP contribution in [0.3, 0.4) is 0 Å². The van der Waals surface area contributed by atoms with Crippen molar-refractivity contribution in [3.63, 3.8) is 0 Å². The summed E-state index contributed by atoms with van der Waals surface area (Å²) in [4.78, 5) is 17.8. The Balaban J connectivity index is 1.36. The Morgan fingerprint density at radius 1 is 0.949 bits per heavy atom. The standard InChI is InChI=1S/C33H36ClN3O2/c1-2-39-33(38)32-31(34)28-20-25(24-14-12-23(13-15-24)22-8-4-3-5-9-22)16-18-29(28)37(32)30-19-17-27(21-35-30)36-26-10-6-7-11-26/h12-22,26,36H,2-11H2,1H3. The third kappa shape index (κ3) is 5.29. The molecule has 5 nitrogen and oxygen atoms in total. The molecule has 2 aliphatic rings. The highest BCUT2D eigenvalue weighted by Crippen LogP contribution is 2.38. The van der Waals surface area contributed by atoms with Gasteiger partial charge in [-0.15, -0.1) is 0 Å². The second-order valence-electron chi connectivity index (χ2n) is 10.9. The van der Waals surface area contributed by atoms with Gasteiger partial charge in [0.05, 0.1) is 29.0 Å². The summed E-state index contributed by atoms with van der Waals surface area (Å²) in [5.74, 6) is 0.863. The first-order valence-corrected chi connectivity index (χ1v) is 14.8. The fraction of sp³-hybridized carbons (Fsp3) is 0.394. The van der Waals surface area contributed by atoms with E-state index in [-0.39, 0.29) is 6.61 Å². The molecule has 2 saturated carbocycles. The van der Waals surface area contributed by atoms with Crippen molar-refractivity contribution in [2.75, 3.05) is 11.9 Å². The summed E-state index contributed by atoms with van der Waals surface area (Å²) in [6, 6.07) is 19.6. The minimum atomic E-state index is -0.452. The molecular formula is C33H36ClN3O2. The second kappa shape index (κ2) is 11.4. The van der Waals surface area contributed by atoms with Crippen LogP contribution in [0.25, 0.3) is 27.8 Å². The van der Waals surface area contributed by atoms with E-state index in [0.717, 1.165) is 27.7 Å². The number of halogens is 1. The van der Waals surface area contributed by atoms with Gasteiger partial charge in [-0.25, -0.2) is 9.78 Å². The Morgan fingerprint density at radius 3 is 2.36 bits per heavy atom. The molecule has 0 saturated heterocycles. The van der Waals surface area contributed by atoms with Gasteiger partial charge in [-0.05, 0) is 79.5 Å². The fourth-order valence-corrected chi connectivity index (χ4v) is 6.66. The number of benzene rings is 2. The van der Waals surface area contributed by atoms with Crippen LogP contribution < -0.4 is 5.32 Å². The number of esters is 1. The zero-order chi connectivity index (χ0) is 26.8. The summed E-state index contributed by atoms with van der Waals surface area (Å²) in [6.07, 6.45) is 13.4. The van der Waals surface area contributed by atoms with Crippen LogP contribution in [0.5, 0.6) is 0 Å². The van der Waals surface area contributed by atoms with E-state index in [0.29, 0.717) is 28.5 Å². The van der Waals surface area contributed by atoms with Crippen molar-refractivity contribution in [1.29, 1.82) is 0 Å². The fourth-order valence-electron chi connectivity index (χ4n) is 6.34. The molecule has 2 heterocycles. The second-order valence-corrected chi connectivity index (χ2v) is 11.3. The number of nitrogens with zero attached hydrogens (tertiary/aromatic N) is 2. The van der Waals surface area contributed by atoms with Gasteiger partial charge in [0.15, 0.2) is 5.69 Å². The van der Waals surface area contributed by atoms with Crippen LogP contribution in [0.4, 0.5) is 5.69 Å². The molecule has 39 heavy (non-hydrogen) atoms. The quantitative estimate of drug-likeness (QED) is 0.237. The Kier molecular flexibility index (Phi) is 7.60. The lowest BCUT2D eigenvalue weighted by Gasteiger charge is -2.22. The Labute approximate surface area is 235 Å². The van der Waals surface area contributed by atoms with Gasteiger partial charge in [0.25, 0.3) is 0 Å². The number of rotatable bonds is 7. The topological polar surface area (TPSA) is 56.1 Å². The summed E-state index contributed by atoms with van der Waals surface area (Å²) in [6.45, 7) is 2.07. The van der Waals surface area contributed by atoms with E-state index in [1.54, 1.807) is 6.92 Å². The number of pyridine rings is 1. The Hall–Kier alpha value is -3.31. The van der Waals surface area contributed by atoms with Crippen LogP contribution in [0, 0.1) is 0 Å². The maximum absolute atomic E-state index is 13.1. The van der Waals surface area contributed by atoms with Gasteiger partial charge in [0, 0.05) is 11.4 Å². The van der Waals surface area contributed by atoms with E-state index >= 15 is 0 Å². The lowest BCUT2D eigenvalue weighted by Crippen LogP contribution is -2.15. The van der Waals surface area contributed by atoms with Crippen molar-refractivity contribution in [2.45, 2.75) is 76.7 Å². The van der Waals surface area contributed by atoms with E-state index in [4.69, 9.17) is 21.3 Å². The van der Waals surface area contributed by atoms with Crippen LogP contribution in [-0.4, -0.2) is 28.2 Å². The maximum atomic E-state index is 13.1. The van der Waals surface area contributed by atoms with Gasteiger partial charge < -0.3 is 10.1 Å². The van der Waals surface area contributed by atoms with Crippen molar-refractivity contribution in [1.82, 2.24) is 9.55 Å². The molecule has 4 aromatic rings. The van der Waals surface area contributed by atoms with Gasteiger partial charge in [0.2, 0.25) is 0 Å². The first kappa shape index (κ1) is 25.9. The van der Waals surface area contributed by atoms with Crippen molar-refractivity contribution < 1.29 is 9.53 Å². The van der Waals surface area contributed by atoms with Crippen LogP contribution in [-0.2, 0) is 4.74 Å². The predicted molar refractivity (Wildman–Crippen MR) is 159 cm³/mol. The summed E-state index contributed by atoms with van der Waals surface area (Å²) in [5.41, 5.74) is 5.77. The average molecular weight is 542 g/mol. The van der Waals surface area contributed by atoms with Gasteiger partial charge in [-0.2, -0.15) is 0 Å². The molecule has 6 rings (SSSR count). The summed E-state index contributed by atoms with van der Waals surface area (Å²) >= 11 is 6.91. The molecule has 0 amide bonds. The van der Waals surface area contributed by atoms with E-state index in [2.05, 4.69) is 41.7 Å². The van der Waals surface area contributed by atoms with Crippen molar-refractivity contribution in [2.24, 2.45) is 0 Å². The minimum absolute atomic E-state index is 0.271. The minimum Gasteiger partial charge on any atom is -0.461 e. The van der Waals surface area contributed by atoms with Crippen molar-refractivity contribution in [3.05, 3.63) is 77.1 Å². The molecule has 2 aliphatic carbocycles. The van der Waals surface area contributed by atoms with Crippen LogP contribution in [0.15, 0.2) is 60.8 Å². The first-order valence-electron chi connectivity index (χ1n) is 14.5. The molecule has 0 aliphatic heterocycles. The number of hydrogen-bond acceptors (Lipinski definition) is 4. The van der Waals surface area contributed by atoms with Crippen LogP contribution in [0.1, 0.15) is 86.7 Å². The van der Waals surface area contributed by atoms with E-state index in [9.17, 15) is 4.79 Å². The SMILES string of the molecule is CCOC(=O)c1c(Cl)c2cc(-c3ccc(C4CCCCC4)cc3)ccc2n1-c1ccc(NC2CCCC2)cn1. The number of carbonyl (C=O) groups excluding carboxylic acids is 1. The maximum Gasteiger partial charge on any atom is 0.356 e. The summed E-state index contributed by atoms with van der Waals surface area (Å²) < 4.78 is 7.24. The zero-order valence-electron chi connectivity index (χ0n) is 22.6. The summed E-state index contributed by atoms with van der Waals surface area (Å²) in [5, 5.41) is 4.78.